The van der Waals surface area contributed by atoms with E-state index >= 15 is 0 Å². The first-order chi connectivity index (χ1) is 15.8. The summed E-state index contributed by atoms with van der Waals surface area (Å²) >= 11 is 0. The number of likely N-dealkylation sites (tertiary alicyclic amines) is 1. The highest BCUT2D eigenvalue weighted by Gasteiger charge is 2.75. The second-order valence-electron chi connectivity index (χ2n) is 10.3. The first-order valence-corrected chi connectivity index (χ1v) is 12.6. The van der Waals surface area contributed by atoms with Crippen molar-refractivity contribution in [2.75, 3.05) is 13.2 Å². The van der Waals surface area contributed by atoms with Crippen molar-refractivity contribution in [3.05, 3.63) is 12.7 Å². The van der Waals surface area contributed by atoms with Gasteiger partial charge in [0.05, 0.1) is 30.6 Å². The predicted octanol–water partition coefficient (Wildman–Crippen LogP) is 2.20. The third-order valence-corrected chi connectivity index (χ3v) is 8.73. The van der Waals surface area contributed by atoms with Crippen molar-refractivity contribution in [2.45, 2.75) is 95.0 Å². The van der Waals surface area contributed by atoms with Gasteiger partial charge in [-0.05, 0) is 31.6 Å². The minimum absolute atomic E-state index is 0.0486. The Morgan fingerprint density at radius 3 is 2.58 bits per heavy atom. The summed E-state index contributed by atoms with van der Waals surface area (Å²) in [7, 11) is 0. The van der Waals surface area contributed by atoms with E-state index in [9.17, 15) is 24.6 Å². The largest absolute Gasteiger partial charge is 0.481 e. The first-order valence-electron chi connectivity index (χ1n) is 12.6. The number of aliphatic hydroxyl groups is 1. The second kappa shape index (κ2) is 9.37. The molecule has 0 radical (unpaired) electrons. The summed E-state index contributed by atoms with van der Waals surface area (Å²) in [5.74, 6) is -3.49. The molecule has 2 unspecified atom stereocenters. The summed E-state index contributed by atoms with van der Waals surface area (Å²) in [6.45, 7) is 7.89. The average Bonchev–Trinajstić information content (AvgIpc) is 3.46. The quantitative estimate of drug-likeness (QED) is 0.509. The highest BCUT2D eigenvalue weighted by Crippen LogP contribution is 2.59. The van der Waals surface area contributed by atoms with Crippen molar-refractivity contribution in [3.8, 4) is 0 Å². The zero-order valence-corrected chi connectivity index (χ0v) is 19.8. The molecule has 184 valence electrons. The van der Waals surface area contributed by atoms with Crippen molar-refractivity contribution in [3.63, 3.8) is 0 Å². The van der Waals surface area contributed by atoms with E-state index in [0.29, 0.717) is 19.4 Å². The molecule has 0 aromatic heterocycles. The number of amides is 2. The number of carboxylic acids is 1. The zero-order chi connectivity index (χ0) is 23.9. The predicted molar refractivity (Wildman–Crippen MR) is 121 cm³/mol. The summed E-state index contributed by atoms with van der Waals surface area (Å²) in [5, 5.41) is 20.3. The van der Waals surface area contributed by atoms with Gasteiger partial charge in [-0.15, -0.1) is 6.58 Å². The number of nitrogens with zero attached hydrogens (tertiary/aromatic N) is 2. The number of hydrogen-bond acceptors (Lipinski definition) is 5. The number of carbonyl (C=O) groups excluding carboxylic acids is 2. The standard InChI is InChI=1S/C25H38N2O6/c1-4-13-26(16-9-7-6-8-10-16)23(30)21-25-12-11-18(33-25)19(24(31)32)20(25)22(29)27(21)17(14-28)15(3)5-2/h4,15-21,28H,1,5-14H2,2-3H3,(H,31,32)/t15-,17-,18+,19-,20-,21?,25?/m0/s1. The van der Waals surface area contributed by atoms with Gasteiger partial charge in [-0.1, -0.05) is 45.6 Å². The summed E-state index contributed by atoms with van der Waals surface area (Å²) in [6.07, 6.45) is 7.97. The Labute approximate surface area is 195 Å². The smallest absolute Gasteiger partial charge is 0.310 e. The van der Waals surface area contributed by atoms with Crippen LogP contribution in [0.3, 0.4) is 0 Å². The van der Waals surface area contributed by atoms with Gasteiger partial charge in [-0.25, -0.2) is 0 Å². The fourth-order valence-corrected chi connectivity index (χ4v) is 6.93. The van der Waals surface area contributed by atoms with Crippen LogP contribution in [0.25, 0.3) is 0 Å². The number of ether oxygens (including phenoxy) is 1. The summed E-state index contributed by atoms with van der Waals surface area (Å²) in [4.78, 5) is 43.7. The first kappa shape index (κ1) is 24.2. The minimum atomic E-state index is -1.14. The van der Waals surface area contributed by atoms with Crippen molar-refractivity contribution in [1.29, 1.82) is 0 Å². The topological polar surface area (TPSA) is 107 Å². The van der Waals surface area contributed by atoms with Crippen molar-refractivity contribution >= 4 is 17.8 Å². The summed E-state index contributed by atoms with van der Waals surface area (Å²) < 4.78 is 6.32. The number of aliphatic hydroxyl groups excluding tert-OH is 1. The van der Waals surface area contributed by atoms with Crippen LogP contribution in [0.5, 0.6) is 0 Å². The molecule has 8 nitrogen and oxygen atoms in total. The number of carboxylic acid groups (broad SMARTS) is 1. The summed E-state index contributed by atoms with van der Waals surface area (Å²) in [5.41, 5.74) is -1.14. The highest BCUT2D eigenvalue weighted by atomic mass is 16.5. The van der Waals surface area contributed by atoms with E-state index < -0.39 is 41.6 Å². The zero-order valence-electron chi connectivity index (χ0n) is 19.8. The molecule has 2 amide bonds. The van der Waals surface area contributed by atoms with Crippen molar-refractivity contribution < 1.29 is 29.3 Å². The summed E-state index contributed by atoms with van der Waals surface area (Å²) in [6, 6.07) is -1.41. The van der Waals surface area contributed by atoms with Crippen LogP contribution in [0.1, 0.15) is 65.2 Å². The van der Waals surface area contributed by atoms with Crippen LogP contribution < -0.4 is 0 Å². The van der Waals surface area contributed by atoms with Gasteiger partial charge in [-0.2, -0.15) is 0 Å². The van der Waals surface area contributed by atoms with E-state index in [1.54, 1.807) is 6.08 Å². The lowest BCUT2D eigenvalue weighted by Gasteiger charge is -2.43. The number of fused-ring (bicyclic) bond motifs is 1. The van der Waals surface area contributed by atoms with E-state index in [-0.39, 0.29) is 30.4 Å². The number of rotatable bonds is 9. The van der Waals surface area contributed by atoms with Gasteiger partial charge in [-0.3, -0.25) is 14.4 Å². The maximum absolute atomic E-state index is 14.3. The molecule has 8 heteroatoms. The number of carbonyl (C=O) groups is 3. The molecule has 2 N–H and O–H groups in total. The molecular formula is C25H38N2O6. The normalized spacial score (nSPS) is 35.4. The Kier molecular flexibility index (Phi) is 6.87. The molecule has 3 aliphatic heterocycles. The van der Waals surface area contributed by atoms with Crippen LogP contribution in [0.4, 0.5) is 0 Å². The lowest BCUT2D eigenvalue weighted by atomic mass is 9.70. The molecule has 7 atom stereocenters. The molecule has 2 bridgehead atoms. The van der Waals surface area contributed by atoms with Crippen LogP contribution in [0, 0.1) is 17.8 Å². The molecule has 3 heterocycles. The van der Waals surface area contributed by atoms with Crippen molar-refractivity contribution in [2.24, 2.45) is 17.8 Å². The molecule has 0 aromatic rings. The maximum Gasteiger partial charge on any atom is 0.310 e. The maximum atomic E-state index is 14.3. The van der Waals surface area contributed by atoms with Gasteiger partial charge in [0.25, 0.3) is 0 Å². The second-order valence-corrected chi connectivity index (χ2v) is 10.3. The van der Waals surface area contributed by atoms with Gasteiger partial charge in [0.15, 0.2) is 0 Å². The fourth-order valence-electron chi connectivity index (χ4n) is 6.93. The third kappa shape index (κ3) is 3.70. The van der Waals surface area contributed by atoms with Crippen molar-refractivity contribution in [1.82, 2.24) is 9.80 Å². The Balaban J connectivity index is 1.79. The Morgan fingerprint density at radius 1 is 1.30 bits per heavy atom. The molecule has 4 fully saturated rings. The van der Waals surface area contributed by atoms with E-state index in [0.717, 1.165) is 38.5 Å². The van der Waals surface area contributed by atoms with Crippen LogP contribution in [0.2, 0.25) is 0 Å². The van der Waals surface area contributed by atoms with Crippen LogP contribution in [-0.2, 0) is 19.1 Å². The van der Waals surface area contributed by atoms with E-state index in [4.69, 9.17) is 4.74 Å². The van der Waals surface area contributed by atoms with Crippen LogP contribution >= 0.6 is 0 Å². The van der Waals surface area contributed by atoms with Gasteiger partial charge in [0, 0.05) is 12.6 Å². The lowest BCUT2D eigenvalue weighted by molar-refractivity contribution is -0.155. The van der Waals surface area contributed by atoms with Gasteiger partial charge in [0.1, 0.15) is 11.6 Å². The molecule has 0 aromatic carbocycles. The van der Waals surface area contributed by atoms with Gasteiger partial charge >= 0.3 is 5.97 Å². The molecule has 3 saturated heterocycles. The molecule has 33 heavy (non-hydrogen) atoms. The van der Waals surface area contributed by atoms with Crippen LogP contribution in [0.15, 0.2) is 12.7 Å². The van der Waals surface area contributed by atoms with E-state index in [1.165, 1.54) is 4.90 Å². The Hall–Kier alpha value is -1.93. The Morgan fingerprint density at radius 2 is 2.00 bits per heavy atom. The lowest BCUT2D eigenvalue weighted by Crippen LogP contribution is -2.61. The Bertz CT molecular complexity index is 796. The molecule has 4 aliphatic rings. The molecule has 1 spiro atoms. The highest BCUT2D eigenvalue weighted by molar-refractivity contribution is 5.98. The average molecular weight is 463 g/mol. The monoisotopic (exact) mass is 462 g/mol. The number of hydrogen-bond donors (Lipinski definition) is 2. The van der Waals surface area contributed by atoms with E-state index in [2.05, 4.69) is 6.58 Å². The SMILES string of the molecule is C=CCN(C(=O)C1N([C@@H](CO)[C@@H](C)CC)C(=O)[C@@H]2[C@@H](C(=O)O)[C@H]3CCC12O3)C1CCCCC1. The third-order valence-electron chi connectivity index (χ3n) is 8.73. The van der Waals surface area contributed by atoms with Crippen LogP contribution in [-0.4, -0.2) is 80.8 Å². The van der Waals surface area contributed by atoms with Gasteiger partial charge in [0.2, 0.25) is 11.8 Å². The molecule has 4 rings (SSSR count). The molecule has 1 saturated carbocycles. The van der Waals surface area contributed by atoms with Gasteiger partial charge < -0.3 is 24.7 Å². The number of aliphatic carboxylic acids is 1. The minimum Gasteiger partial charge on any atom is -0.481 e. The fraction of sp³-hybridized carbons (Fsp3) is 0.800. The van der Waals surface area contributed by atoms with E-state index in [1.807, 2.05) is 18.7 Å². The molecular weight excluding hydrogens is 424 g/mol. The molecule has 1 aliphatic carbocycles.